The van der Waals surface area contributed by atoms with E-state index in [0.29, 0.717) is 6.04 Å². The van der Waals surface area contributed by atoms with Gasteiger partial charge in [-0.25, -0.2) is 0 Å². The van der Waals surface area contributed by atoms with Gasteiger partial charge in [0.1, 0.15) is 0 Å². The van der Waals surface area contributed by atoms with Crippen LogP contribution in [0.25, 0.3) is 0 Å². The summed E-state index contributed by atoms with van der Waals surface area (Å²) in [6, 6.07) is 0.368. The number of aliphatic hydroxyl groups is 1. The number of hydrogen-bond acceptors (Lipinski definition) is 4. The van der Waals surface area contributed by atoms with E-state index in [1.54, 1.807) is 7.11 Å². The van der Waals surface area contributed by atoms with Crippen molar-refractivity contribution in [2.24, 2.45) is 0 Å². The zero-order chi connectivity index (χ0) is 10.9. The van der Waals surface area contributed by atoms with Crippen LogP contribution < -0.4 is 0 Å². The third kappa shape index (κ3) is 4.93. The Kier molecular flexibility index (Phi) is 6.92. The van der Waals surface area contributed by atoms with Gasteiger partial charge in [0.25, 0.3) is 0 Å². The number of aliphatic hydroxyl groups excluding tert-OH is 1. The lowest BCUT2D eigenvalue weighted by Gasteiger charge is -2.22. The first-order chi connectivity index (χ1) is 7.38. The second-order valence-electron chi connectivity index (χ2n) is 3.97. The Morgan fingerprint density at radius 3 is 2.93 bits per heavy atom. The van der Waals surface area contributed by atoms with Crippen LogP contribution in [0.5, 0.6) is 0 Å². The average Bonchev–Trinajstić information content (AvgIpc) is 2.70. The fourth-order valence-corrected chi connectivity index (χ4v) is 1.99. The summed E-state index contributed by atoms with van der Waals surface area (Å²) in [5.41, 5.74) is 0. The minimum Gasteiger partial charge on any atom is -0.395 e. The minimum absolute atomic E-state index is 0.281. The third-order valence-corrected chi connectivity index (χ3v) is 2.87. The van der Waals surface area contributed by atoms with Gasteiger partial charge in [0.15, 0.2) is 0 Å². The van der Waals surface area contributed by atoms with Crippen LogP contribution in [0.2, 0.25) is 0 Å². The number of likely N-dealkylation sites (tertiary alicyclic amines) is 1. The summed E-state index contributed by atoms with van der Waals surface area (Å²) in [4.78, 5) is 2.32. The monoisotopic (exact) mass is 217 g/mol. The molecule has 1 rings (SSSR count). The Morgan fingerprint density at radius 2 is 2.20 bits per heavy atom. The lowest BCUT2D eigenvalue weighted by Crippen LogP contribution is -2.34. The zero-order valence-electron chi connectivity index (χ0n) is 9.65. The van der Waals surface area contributed by atoms with Crippen molar-refractivity contribution in [2.45, 2.75) is 25.3 Å². The molecule has 90 valence electrons. The highest BCUT2D eigenvalue weighted by molar-refractivity contribution is 4.77. The van der Waals surface area contributed by atoms with Crippen LogP contribution >= 0.6 is 0 Å². The molecule has 0 spiro atoms. The van der Waals surface area contributed by atoms with Crippen LogP contribution in [-0.4, -0.2) is 62.7 Å². The Balaban J connectivity index is 1.95. The maximum Gasteiger partial charge on any atom is 0.0593 e. The van der Waals surface area contributed by atoms with Crippen molar-refractivity contribution in [1.82, 2.24) is 4.90 Å². The Morgan fingerprint density at radius 1 is 1.33 bits per heavy atom. The van der Waals surface area contributed by atoms with Gasteiger partial charge >= 0.3 is 0 Å². The molecule has 1 aliphatic rings. The molecule has 1 fully saturated rings. The van der Waals surface area contributed by atoms with Crippen LogP contribution in [0.3, 0.4) is 0 Å². The Bertz CT molecular complexity index is 155. The van der Waals surface area contributed by atoms with Gasteiger partial charge in [0.05, 0.1) is 13.2 Å². The van der Waals surface area contributed by atoms with Gasteiger partial charge in [-0.2, -0.15) is 0 Å². The van der Waals surface area contributed by atoms with Crippen molar-refractivity contribution in [1.29, 1.82) is 0 Å². The molecule has 1 atom stereocenters. The van der Waals surface area contributed by atoms with E-state index in [4.69, 9.17) is 14.6 Å². The topological polar surface area (TPSA) is 41.9 Å². The Labute approximate surface area is 92.2 Å². The number of methoxy groups -OCH3 is 1. The lowest BCUT2D eigenvalue weighted by molar-refractivity contribution is 0.0720. The average molecular weight is 217 g/mol. The van der Waals surface area contributed by atoms with E-state index >= 15 is 0 Å². The fourth-order valence-electron chi connectivity index (χ4n) is 1.99. The highest BCUT2D eigenvalue weighted by Gasteiger charge is 2.22. The summed E-state index contributed by atoms with van der Waals surface area (Å²) < 4.78 is 10.4. The van der Waals surface area contributed by atoms with Gasteiger partial charge in [-0.05, 0) is 25.8 Å². The molecular weight excluding hydrogens is 194 g/mol. The quantitative estimate of drug-likeness (QED) is 0.601. The molecule has 0 aliphatic carbocycles. The highest BCUT2D eigenvalue weighted by Crippen LogP contribution is 2.15. The molecule has 0 aromatic heterocycles. The van der Waals surface area contributed by atoms with E-state index in [1.807, 2.05) is 0 Å². The number of rotatable bonds is 8. The summed E-state index contributed by atoms with van der Waals surface area (Å²) in [6.07, 6.45) is 3.29. The van der Waals surface area contributed by atoms with E-state index in [1.165, 1.54) is 6.42 Å². The maximum atomic E-state index is 9.11. The van der Waals surface area contributed by atoms with Crippen LogP contribution in [-0.2, 0) is 9.47 Å². The normalized spacial score (nSPS) is 22.4. The summed E-state index contributed by atoms with van der Waals surface area (Å²) >= 11 is 0. The van der Waals surface area contributed by atoms with Gasteiger partial charge in [-0.1, -0.05) is 0 Å². The summed E-state index contributed by atoms with van der Waals surface area (Å²) in [7, 11) is 1.70. The second-order valence-corrected chi connectivity index (χ2v) is 3.97. The van der Waals surface area contributed by atoms with Gasteiger partial charge < -0.3 is 14.6 Å². The second kappa shape index (κ2) is 8.05. The first-order valence-electron chi connectivity index (χ1n) is 5.80. The van der Waals surface area contributed by atoms with E-state index in [9.17, 15) is 0 Å². The molecule has 0 bridgehead atoms. The van der Waals surface area contributed by atoms with E-state index in [2.05, 4.69) is 4.90 Å². The molecule has 0 saturated carbocycles. The maximum absolute atomic E-state index is 9.11. The summed E-state index contributed by atoms with van der Waals surface area (Å²) in [5, 5.41) is 9.11. The van der Waals surface area contributed by atoms with Crippen LogP contribution in [0.1, 0.15) is 19.3 Å². The number of ether oxygens (including phenoxy) is 2. The standard InChI is InChI=1S/C11H23NO3/c1-14-7-3-8-15-9-6-12-5-2-4-11(12)10-13/h11,13H,2-10H2,1H3/t11-/m0/s1. The Hall–Kier alpha value is -0.160. The lowest BCUT2D eigenvalue weighted by atomic mass is 10.2. The number of nitrogens with zero attached hydrogens (tertiary/aromatic N) is 1. The molecule has 4 heteroatoms. The van der Waals surface area contributed by atoms with E-state index in [-0.39, 0.29) is 6.61 Å². The smallest absolute Gasteiger partial charge is 0.0593 e. The van der Waals surface area contributed by atoms with Crippen LogP contribution in [0.4, 0.5) is 0 Å². The minimum atomic E-state index is 0.281. The molecule has 0 aromatic rings. The van der Waals surface area contributed by atoms with Gasteiger partial charge in [0.2, 0.25) is 0 Å². The first-order valence-corrected chi connectivity index (χ1v) is 5.80. The molecule has 1 aliphatic heterocycles. The van der Waals surface area contributed by atoms with E-state index < -0.39 is 0 Å². The van der Waals surface area contributed by atoms with Crippen LogP contribution in [0, 0.1) is 0 Å². The molecule has 4 nitrogen and oxygen atoms in total. The van der Waals surface area contributed by atoms with Crippen molar-refractivity contribution < 1.29 is 14.6 Å². The summed E-state index contributed by atoms with van der Waals surface area (Å²) in [5.74, 6) is 0. The predicted molar refractivity (Wildman–Crippen MR) is 59.0 cm³/mol. The SMILES string of the molecule is COCCCOCCN1CCC[C@H]1CO. The molecule has 0 unspecified atom stereocenters. The van der Waals surface area contributed by atoms with Crippen molar-refractivity contribution in [2.75, 3.05) is 46.6 Å². The van der Waals surface area contributed by atoms with Crippen molar-refractivity contribution in [3.63, 3.8) is 0 Å². The number of hydrogen-bond donors (Lipinski definition) is 1. The van der Waals surface area contributed by atoms with Crippen molar-refractivity contribution in [3.05, 3.63) is 0 Å². The largest absolute Gasteiger partial charge is 0.395 e. The third-order valence-electron chi connectivity index (χ3n) is 2.87. The predicted octanol–water partition coefficient (Wildman–Crippen LogP) is 0.496. The molecule has 1 heterocycles. The van der Waals surface area contributed by atoms with Gasteiger partial charge in [-0.3, -0.25) is 4.90 Å². The molecule has 0 amide bonds. The van der Waals surface area contributed by atoms with Gasteiger partial charge in [-0.15, -0.1) is 0 Å². The van der Waals surface area contributed by atoms with Crippen molar-refractivity contribution in [3.8, 4) is 0 Å². The van der Waals surface area contributed by atoms with Gasteiger partial charge in [0, 0.05) is 32.9 Å². The molecule has 0 radical (unpaired) electrons. The van der Waals surface area contributed by atoms with Crippen molar-refractivity contribution >= 4 is 0 Å². The molecular formula is C11H23NO3. The van der Waals surface area contributed by atoms with E-state index in [0.717, 1.165) is 45.8 Å². The van der Waals surface area contributed by atoms with Crippen LogP contribution in [0.15, 0.2) is 0 Å². The zero-order valence-corrected chi connectivity index (χ0v) is 9.65. The highest BCUT2D eigenvalue weighted by atomic mass is 16.5. The summed E-state index contributed by atoms with van der Waals surface area (Å²) in [6.45, 7) is 4.63. The molecule has 1 saturated heterocycles. The molecule has 15 heavy (non-hydrogen) atoms. The molecule has 0 aromatic carbocycles. The first kappa shape index (κ1) is 12.9. The molecule has 1 N–H and O–H groups in total. The fraction of sp³-hybridized carbons (Fsp3) is 1.00.